The summed E-state index contributed by atoms with van der Waals surface area (Å²) in [6.45, 7) is 0. The van der Waals surface area contributed by atoms with Gasteiger partial charge in [0.15, 0.2) is 0 Å². The molecule has 0 aliphatic heterocycles. The largest absolute Gasteiger partial charge is 0.319 e. The van der Waals surface area contributed by atoms with Crippen LogP contribution in [0.1, 0.15) is 0 Å². The topological polar surface area (TPSA) is 58.2 Å². The zero-order chi connectivity index (χ0) is 12.2. The van der Waals surface area contributed by atoms with E-state index in [-0.39, 0.29) is 11.9 Å². The molecule has 4 nitrogen and oxygen atoms in total. The van der Waals surface area contributed by atoms with Crippen LogP contribution in [-0.2, 0) is 10.2 Å². The van der Waals surface area contributed by atoms with Crippen molar-refractivity contribution >= 4 is 51.0 Å². The van der Waals surface area contributed by atoms with Crippen molar-refractivity contribution in [2.45, 2.75) is 3.92 Å². The van der Waals surface area contributed by atoms with E-state index in [2.05, 4.69) is 4.72 Å². The molecular weight excluding hydrogens is 298 g/mol. The average Bonchev–Trinajstić information content (AvgIpc) is 2.15. The van der Waals surface area contributed by atoms with Crippen LogP contribution in [-0.4, -0.2) is 12.3 Å². The summed E-state index contributed by atoms with van der Waals surface area (Å²) >= 11 is 9.92. The van der Waals surface area contributed by atoms with Gasteiger partial charge in [0.05, 0.1) is 0 Å². The number of rotatable bonds is 5. The average molecular weight is 305 g/mol. The smallest absolute Gasteiger partial charge is 0.270 e. The molecule has 90 valence electrons. The van der Waals surface area contributed by atoms with Crippen molar-refractivity contribution in [3.05, 3.63) is 30.3 Å². The Kier molecular flexibility index (Phi) is 4.69. The molecule has 0 aliphatic carbocycles. The van der Waals surface area contributed by atoms with Gasteiger partial charge in [0, 0.05) is 17.6 Å². The fraction of sp³-hybridized carbons (Fsp3) is 0.143. The third-order valence-corrected chi connectivity index (χ3v) is 3.70. The third-order valence-electron chi connectivity index (χ3n) is 1.29. The Balaban J connectivity index is 2.60. The van der Waals surface area contributed by atoms with Crippen molar-refractivity contribution < 1.29 is 12.8 Å². The van der Waals surface area contributed by atoms with Crippen LogP contribution in [0.5, 0.6) is 0 Å². The van der Waals surface area contributed by atoms with Gasteiger partial charge >= 0.3 is 14.1 Å². The lowest BCUT2D eigenvalue weighted by Crippen LogP contribution is -2.27. The minimum Gasteiger partial charge on any atom is -0.270 e. The predicted octanol–water partition coefficient (Wildman–Crippen LogP) is 2.64. The highest BCUT2D eigenvalue weighted by molar-refractivity contribution is 8.11. The number of hydrogen-bond acceptors (Lipinski definition) is 3. The van der Waals surface area contributed by atoms with Gasteiger partial charge in [-0.1, -0.05) is 41.4 Å². The van der Waals surface area contributed by atoms with E-state index >= 15 is 0 Å². The molecule has 0 fully saturated rings. The first kappa shape index (κ1) is 13.9. The van der Waals surface area contributed by atoms with Gasteiger partial charge in [0.25, 0.3) is 0 Å². The number of nitrogens with one attached hydrogen (secondary N) is 2. The van der Waals surface area contributed by atoms with E-state index in [4.69, 9.17) is 23.2 Å². The van der Waals surface area contributed by atoms with Crippen molar-refractivity contribution in [3.8, 4) is 0 Å². The normalized spacial score (nSPS) is 12.4. The van der Waals surface area contributed by atoms with E-state index in [1.54, 1.807) is 22.3 Å². The Morgan fingerprint density at radius 3 is 2.31 bits per heavy atom. The van der Waals surface area contributed by atoms with E-state index in [1.165, 1.54) is 12.1 Å². The molecule has 9 heteroatoms. The van der Waals surface area contributed by atoms with Crippen molar-refractivity contribution in [3.63, 3.8) is 0 Å². The molecular formula is C7H7Cl2FN2O2S2. The molecule has 0 aromatic heterocycles. The zero-order valence-corrected chi connectivity index (χ0v) is 10.8. The van der Waals surface area contributed by atoms with Gasteiger partial charge in [-0.25, -0.2) is 0 Å². The number of anilines is 1. The SMILES string of the molecule is O=S(=O)(NSC(F)(Cl)Cl)Nc1ccccc1. The van der Waals surface area contributed by atoms with Gasteiger partial charge in [0.2, 0.25) is 0 Å². The van der Waals surface area contributed by atoms with Crippen LogP contribution in [0.15, 0.2) is 30.3 Å². The quantitative estimate of drug-likeness (QED) is 0.649. The van der Waals surface area contributed by atoms with Crippen LogP contribution >= 0.6 is 35.1 Å². The molecule has 0 bridgehead atoms. The maximum absolute atomic E-state index is 12.6. The Labute approximate surface area is 107 Å². The van der Waals surface area contributed by atoms with Crippen molar-refractivity contribution in [1.82, 2.24) is 4.13 Å². The number of halogens is 3. The predicted molar refractivity (Wildman–Crippen MR) is 65.3 cm³/mol. The molecule has 0 heterocycles. The van der Waals surface area contributed by atoms with Gasteiger partial charge in [-0.3, -0.25) is 4.72 Å². The monoisotopic (exact) mass is 304 g/mol. The second kappa shape index (κ2) is 5.42. The first-order valence-electron chi connectivity index (χ1n) is 3.88. The summed E-state index contributed by atoms with van der Waals surface area (Å²) in [5, 5.41) is 0. The Hall–Kier alpha value is -0.210. The molecule has 0 saturated carbocycles. The highest BCUT2D eigenvalue weighted by Crippen LogP contribution is 2.34. The Morgan fingerprint density at radius 2 is 1.81 bits per heavy atom. The van der Waals surface area contributed by atoms with Crippen molar-refractivity contribution in [2.75, 3.05) is 4.72 Å². The molecule has 1 aromatic rings. The second-order valence-electron chi connectivity index (χ2n) is 2.60. The molecule has 0 saturated heterocycles. The molecule has 0 atom stereocenters. The molecule has 1 rings (SSSR count). The maximum atomic E-state index is 12.6. The van der Waals surface area contributed by atoms with Crippen LogP contribution in [0.4, 0.5) is 10.1 Å². The summed E-state index contributed by atoms with van der Waals surface area (Å²) in [4.78, 5) is 0. The lowest BCUT2D eigenvalue weighted by atomic mass is 10.3. The number of benzene rings is 1. The fourth-order valence-electron chi connectivity index (χ4n) is 0.784. The van der Waals surface area contributed by atoms with Gasteiger partial charge in [0.1, 0.15) is 0 Å². The van der Waals surface area contributed by atoms with Crippen LogP contribution in [0.25, 0.3) is 0 Å². The first-order valence-corrected chi connectivity index (χ1v) is 6.93. The first-order chi connectivity index (χ1) is 7.29. The van der Waals surface area contributed by atoms with Gasteiger partial charge in [-0.15, -0.1) is 4.13 Å². The molecule has 1 aromatic carbocycles. The minimum absolute atomic E-state index is 0.0235. The summed E-state index contributed by atoms with van der Waals surface area (Å²) in [5.41, 5.74) is 0.337. The molecule has 16 heavy (non-hydrogen) atoms. The van der Waals surface area contributed by atoms with E-state index in [1.807, 2.05) is 0 Å². The molecule has 0 radical (unpaired) electrons. The van der Waals surface area contributed by atoms with Crippen LogP contribution in [0, 0.1) is 0 Å². The van der Waals surface area contributed by atoms with Gasteiger partial charge in [-0.2, -0.15) is 12.8 Å². The van der Waals surface area contributed by atoms with E-state index < -0.39 is 14.1 Å². The molecule has 0 unspecified atom stereocenters. The maximum Gasteiger partial charge on any atom is 0.319 e. The Bertz CT molecular complexity index is 435. The van der Waals surface area contributed by atoms with Crippen LogP contribution in [0.2, 0.25) is 0 Å². The summed E-state index contributed by atoms with van der Waals surface area (Å²) in [6.07, 6.45) is 0. The lowest BCUT2D eigenvalue weighted by Gasteiger charge is -2.11. The summed E-state index contributed by atoms with van der Waals surface area (Å²) in [6, 6.07) is 8.09. The standard InChI is InChI=1S/C7H7Cl2FN2O2S2/c8-7(9,10)15-12-16(13,14)11-6-4-2-1-3-5-6/h1-5,11-12H. The highest BCUT2D eigenvalue weighted by atomic mass is 35.5. The second-order valence-corrected chi connectivity index (χ2v) is 6.93. The van der Waals surface area contributed by atoms with Crippen LogP contribution < -0.4 is 8.85 Å². The van der Waals surface area contributed by atoms with E-state index in [9.17, 15) is 12.8 Å². The third kappa shape index (κ3) is 5.76. The summed E-state index contributed by atoms with van der Waals surface area (Å²) in [7, 11) is -3.91. The molecule has 0 amide bonds. The molecule has 2 N–H and O–H groups in total. The fourth-order valence-corrected chi connectivity index (χ4v) is 2.78. The Morgan fingerprint density at radius 1 is 1.25 bits per heavy atom. The summed E-state index contributed by atoms with van der Waals surface area (Å²) < 4.78 is 36.5. The number of alkyl halides is 3. The van der Waals surface area contributed by atoms with E-state index in [0.29, 0.717) is 5.69 Å². The van der Waals surface area contributed by atoms with E-state index in [0.717, 1.165) is 0 Å². The van der Waals surface area contributed by atoms with Gasteiger partial charge < -0.3 is 0 Å². The number of hydrogen-bond donors (Lipinski definition) is 2. The van der Waals surface area contributed by atoms with Gasteiger partial charge in [-0.05, 0) is 12.1 Å². The molecule has 0 aliphatic rings. The van der Waals surface area contributed by atoms with Crippen molar-refractivity contribution in [1.29, 1.82) is 0 Å². The molecule has 0 spiro atoms. The highest BCUT2D eigenvalue weighted by Gasteiger charge is 2.26. The number of para-hydroxylation sites is 1. The van der Waals surface area contributed by atoms with Crippen LogP contribution in [0.3, 0.4) is 0 Å². The summed E-state index contributed by atoms with van der Waals surface area (Å²) in [5.74, 6) is 0. The zero-order valence-electron chi connectivity index (χ0n) is 7.65. The minimum atomic E-state index is -3.91. The lowest BCUT2D eigenvalue weighted by molar-refractivity contribution is 0.514. The van der Waals surface area contributed by atoms with Crippen molar-refractivity contribution in [2.24, 2.45) is 0 Å².